The van der Waals surface area contributed by atoms with Crippen molar-refractivity contribution in [3.05, 3.63) is 64.7 Å². The number of hydrogen-bond acceptors (Lipinski definition) is 6. The van der Waals surface area contributed by atoms with Gasteiger partial charge in [0.2, 0.25) is 5.91 Å². The number of piperazine rings is 1. The number of nitro groups is 1. The van der Waals surface area contributed by atoms with Gasteiger partial charge in [0, 0.05) is 50.4 Å². The largest absolute Gasteiger partial charge is 0.368 e. The molecule has 148 valence electrons. The molecule has 2 aromatic rings. The van der Waals surface area contributed by atoms with Crippen LogP contribution < -0.4 is 4.90 Å². The van der Waals surface area contributed by atoms with Crippen LogP contribution in [-0.4, -0.2) is 56.1 Å². The van der Waals surface area contributed by atoms with Crippen LogP contribution in [0.15, 0.2) is 59.5 Å². The van der Waals surface area contributed by atoms with Crippen LogP contribution in [0.25, 0.3) is 0 Å². The lowest BCUT2D eigenvalue weighted by Gasteiger charge is -2.36. The molecular formula is C19H21N3O5S. The molecule has 0 bridgehead atoms. The second kappa shape index (κ2) is 8.39. The van der Waals surface area contributed by atoms with Crippen molar-refractivity contribution in [2.24, 2.45) is 0 Å². The van der Waals surface area contributed by atoms with Crippen LogP contribution in [0.2, 0.25) is 0 Å². The van der Waals surface area contributed by atoms with Gasteiger partial charge in [-0.2, -0.15) is 0 Å². The fourth-order valence-corrected chi connectivity index (χ4v) is 4.38. The van der Waals surface area contributed by atoms with Crippen molar-refractivity contribution in [1.82, 2.24) is 4.90 Å². The number of sulfone groups is 1. The predicted molar refractivity (Wildman–Crippen MR) is 105 cm³/mol. The van der Waals surface area contributed by atoms with E-state index in [2.05, 4.69) is 0 Å². The zero-order chi connectivity index (χ0) is 20.1. The Morgan fingerprint density at radius 2 is 1.57 bits per heavy atom. The van der Waals surface area contributed by atoms with Crippen molar-refractivity contribution < 1.29 is 18.1 Å². The van der Waals surface area contributed by atoms with Crippen LogP contribution in [0.1, 0.15) is 6.42 Å². The van der Waals surface area contributed by atoms with Gasteiger partial charge in [-0.1, -0.05) is 18.2 Å². The minimum atomic E-state index is -3.47. The zero-order valence-corrected chi connectivity index (χ0v) is 16.0. The highest BCUT2D eigenvalue weighted by molar-refractivity contribution is 7.91. The summed E-state index contributed by atoms with van der Waals surface area (Å²) in [5, 5.41) is 10.7. The highest BCUT2D eigenvalue weighted by Gasteiger charge is 2.23. The van der Waals surface area contributed by atoms with Crippen LogP contribution in [0, 0.1) is 10.1 Å². The van der Waals surface area contributed by atoms with Gasteiger partial charge in [0.1, 0.15) is 0 Å². The van der Waals surface area contributed by atoms with E-state index < -0.39 is 14.8 Å². The van der Waals surface area contributed by atoms with Crippen molar-refractivity contribution in [3.63, 3.8) is 0 Å². The lowest BCUT2D eigenvalue weighted by Crippen LogP contribution is -2.49. The van der Waals surface area contributed by atoms with E-state index in [1.165, 1.54) is 24.3 Å². The molecule has 8 nitrogen and oxygen atoms in total. The lowest BCUT2D eigenvalue weighted by molar-refractivity contribution is -0.384. The van der Waals surface area contributed by atoms with Gasteiger partial charge in [-0.25, -0.2) is 8.42 Å². The summed E-state index contributed by atoms with van der Waals surface area (Å²) in [7, 11) is -3.47. The van der Waals surface area contributed by atoms with Gasteiger partial charge < -0.3 is 9.80 Å². The summed E-state index contributed by atoms with van der Waals surface area (Å²) in [4.78, 5) is 26.6. The van der Waals surface area contributed by atoms with Crippen LogP contribution in [0.5, 0.6) is 0 Å². The van der Waals surface area contributed by atoms with Crippen molar-refractivity contribution in [2.45, 2.75) is 11.3 Å². The molecule has 1 heterocycles. The Balaban J connectivity index is 1.52. The Hall–Kier alpha value is -2.94. The molecule has 1 saturated heterocycles. The molecule has 0 N–H and O–H groups in total. The van der Waals surface area contributed by atoms with E-state index in [0.717, 1.165) is 5.69 Å². The van der Waals surface area contributed by atoms with Crippen LogP contribution in [-0.2, 0) is 14.6 Å². The number of carbonyl (C=O) groups is 1. The first-order valence-electron chi connectivity index (χ1n) is 8.92. The first kappa shape index (κ1) is 19.8. The van der Waals surface area contributed by atoms with E-state index in [9.17, 15) is 23.3 Å². The normalized spacial score (nSPS) is 14.7. The number of anilines is 1. The minimum Gasteiger partial charge on any atom is -0.368 e. The monoisotopic (exact) mass is 403 g/mol. The topological polar surface area (TPSA) is 101 Å². The van der Waals surface area contributed by atoms with Gasteiger partial charge >= 0.3 is 0 Å². The average molecular weight is 403 g/mol. The van der Waals surface area contributed by atoms with Crippen molar-refractivity contribution in [3.8, 4) is 0 Å². The Bertz CT molecular complexity index is 937. The molecule has 0 unspecified atom stereocenters. The molecule has 2 aromatic carbocycles. The molecule has 1 fully saturated rings. The van der Waals surface area contributed by atoms with Crippen molar-refractivity contribution >= 4 is 27.1 Å². The summed E-state index contributed by atoms with van der Waals surface area (Å²) >= 11 is 0. The van der Waals surface area contributed by atoms with Crippen LogP contribution in [0.3, 0.4) is 0 Å². The standard InChI is InChI=1S/C19H21N3O5S/c23-19(10-15-28(26,27)18-4-2-1-3-5-18)21-13-11-20(12-14-21)16-6-8-17(9-7-16)22(24)25/h1-9H,10-15H2. The number of nitrogens with zero attached hydrogens (tertiary/aromatic N) is 3. The molecule has 9 heteroatoms. The Labute approximate surface area is 163 Å². The maximum Gasteiger partial charge on any atom is 0.269 e. The van der Waals surface area contributed by atoms with E-state index in [0.29, 0.717) is 26.2 Å². The van der Waals surface area contributed by atoms with Crippen LogP contribution >= 0.6 is 0 Å². The number of amides is 1. The third-order valence-electron chi connectivity index (χ3n) is 4.75. The Morgan fingerprint density at radius 3 is 2.14 bits per heavy atom. The van der Waals surface area contributed by atoms with Crippen LogP contribution in [0.4, 0.5) is 11.4 Å². The van der Waals surface area contributed by atoms with E-state index in [1.54, 1.807) is 35.2 Å². The molecule has 1 aliphatic heterocycles. The van der Waals surface area contributed by atoms with Gasteiger partial charge in [0.15, 0.2) is 9.84 Å². The molecule has 28 heavy (non-hydrogen) atoms. The molecule has 0 radical (unpaired) electrons. The predicted octanol–water partition coefficient (Wildman–Crippen LogP) is 2.11. The highest BCUT2D eigenvalue weighted by atomic mass is 32.2. The summed E-state index contributed by atoms with van der Waals surface area (Å²) in [5.74, 6) is -0.388. The maximum atomic E-state index is 12.4. The molecule has 0 aromatic heterocycles. The third kappa shape index (κ3) is 4.66. The summed E-state index contributed by atoms with van der Waals surface area (Å²) in [6.45, 7) is 2.16. The fraction of sp³-hybridized carbons (Fsp3) is 0.316. The molecule has 0 saturated carbocycles. The third-order valence-corrected chi connectivity index (χ3v) is 6.48. The van der Waals surface area contributed by atoms with E-state index in [-0.39, 0.29) is 28.7 Å². The number of nitro benzene ring substituents is 1. The number of hydrogen-bond donors (Lipinski definition) is 0. The average Bonchev–Trinajstić information content (AvgIpc) is 2.73. The quantitative estimate of drug-likeness (QED) is 0.541. The van der Waals surface area contributed by atoms with Gasteiger partial charge in [-0.3, -0.25) is 14.9 Å². The first-order valence-corrected chi connectivity index (χ1v) is 10.6. The van der Waals surface area contributed by atoms with Gasteiger partial charge in [-0.05, 0) is 24.3 Å². The molecule has 1 aliphatic rings. The SMILES string of the molecule is O=C(CCS(=O)(=O)c1ccccc1)N1CCN(c2ccc([N+](=O)[O-])cc2)CC1. The van der Waals surface area contributed by atoms with Gasteiger partial charge in [-0.15, -0.1) is 0 Å². The van der Waals surface area contributed by atoms with Gasteiger partial charge in [0.25, 0.3) is 5.69 Å². The summed E-state index contributed by atoms with van der Waals surface area (Å²) in [6, 6.07) is 14.4. The minimum absolute atomic E-state index is 0.0391. The Morgan fingerprint density at radius 1 is 0.964 bits per heavy atom. The molecule has 3 rings (SSSR count). The summed E-state index contributed by atoms with van der Waals surface area (Å²) in [5.41, 5.74) is 0.904. The van der Waals surface area contributed by atoms with E-state index in [4.69, 9.17) is 0 Å². The highest BCUT2D eigenvalue weighted by Crippen LogP contribution is 2.21. The summed E-state index contributed by atoms with van der Waals surface area (Å²) in [6.07, 6.45) is -0.0469. The smallest absolute Gasteiger partial charge is 0.269 e. The van der Waals surface area contributed by atoms with E-state index >= 15 is 0 Å². The number of benzene rings is 2. The zero-order valence-electron chi connectivity index (χ0n) is 15.2. The van der Waals surface area contributed by atoms with Crippen molar-refractivity contribution in [1.29, 1.82) is 0 Å². The fourth-order valence-electron chi connectivity index (χ4n) is 3.12. The number of non-ortho nitro benzene ring substituents is 1. The van der Waals surface area contributed by atoms with Gasteiger partial charge in [0.05, 0.1) is 15.6 Å². The lowest BCUT2D eigenvalue weighted by atomic mass is 10.2. The molecule has 0 aliphatic carbocycles. The van der Waals surface area contributed by atoms with Crippen molar-refractivity contribution in [2.75, 3.05) is 36.8 Å². The molecular weight excluding hydrogens is 382 g/mol. The van der Waals surface area contributed by atoms with E-state index in [1.807, 2.05) is 4.90 Å². The molecule has 0 spiro atoms. The molecule has 0 atom stereocenters. The molecule has 1 amide bonds. The number of rotatable bonds is 6. The maximum absolute atomic E-state index is 12.4. The number of carbonyl (C=O) groups excluding carboxylic acids is 1. The Kier molecular flexibility index (Phi) is 5.93. The first-order chi connectivity index (χ1) is 13.4. The second-order valence-corrected chi connectivity index (χ2v) is 8.63. The summed E-state index contributed by atoms with van der Waals surface area (Å²) < 4.78 is 24.6. The second-order valence-electron chi connectivity index (χ2n) is 6.52.